The van der Waals surface area contributed by atoms with Crippen LogP contribution in [0.1, 0.15) is 25.0 Å². The molecule has 1 aliphatic carbocycles. The Bertz CT molecular complexity index is 7710. The highest BCUT2D eigenvalue weighted by Gasteiger charge is 2.35. The lowest BCUT2D eigenvalue weighted by Crippen LogP contribution is -2.15. The first kappa shape index (κ1) is 118. The minimum atomic E-state index is 0.107. The van der Waals surface area contributed by atoms with E-state index in [0.29, 0.717) is 0 Å². The molecule has 0 spiro atoms. The molecule has 0 amide bonds. The summed E-state index contributed by atoms with van der Waals surface area (Å²) in [6.07, 6.45) is 3.59. The maximum absolute atomic E-state index is 5.78. The standard InChI is InChI=1S/C18H12BrI.C15H12BrI.C14H8BrI.C12H6BrIO.C12H6BrIS.C12H8BrI.2C10H6BrI.C6H4BrI.2C5H3BrIN/c19-17-9-5-15(6-10-17)13-1-3-14(4-2-13)16-7-11-18(20)12-8-16;1-15(2)13-7-9(16)3-5-11(13)12-6-4-10(17)8-14(12)15;15-11-3-5-13-9(7-11)1-2-10-8-12(16)4-6-14(10)13;2*13-7-1-3-9-10-4-2-8(14)6-12(10)15-11(9)5-7;13-11-5-1-9(2-6-11)10-3-7-12(14)8-4-10;11-9-3-1-8-6-10(12)4-2-7(8)5-9;11-9-5-6-10(12)8-4-2-1-3-7(8)9;7-5-1-3-6(8)4-2-5;6-5-2-1-4(7)3-8-5;6-4-1-2-5(7)8-3-4/h1-12H;3-8H,1-2H3;1-8H;2*1-6H;1-8H;2*1-6H;1-4H;2*1-3H. The second-order valence-corrected chi connectivity index (χ2v) is 56.9. The molecule has 0 atom stereocenters. The maximum Gasteiger partial charge on any atom is 0.136 e. The van der Waals surface area contributed by atoms with Gasteiger partial charge in [0.05, 0.1) is 0 Å². The summed E-state index contributed by atoms with van der Waals surface area (Å²) in [6, 6.07) is 140. The summed E-state index contributed by atoms with van der Waals surface area (Å²) in [6.45, 7) is 4.61. The Kier molecular flexibility index (Phi) is 47.5. The summed E-state index contributed by atoms with van der Waals surface area (Å²) in [5.41, 5.74) is 15.1. The fraction of sp³-hybridized carbons (Fsp3) is 0.0252. The predicted molar refractivity (Wildman–Crippen MR) is 755 cm³/mol. The minimum absolute atomic E-state index is 0.107. The fourth-order valence-corrected chi connectivity index (χ4v) is 25.1. The van der Waals surface area contributed by atoms with Gasteiger partial charge in [-0.15, -0.1) is 11.3 Å². The molecule has 0 unspecified atom stereocenters. The number of benzene rings is 19. The van der Waals surface area contributed by atoms with Gasteiger partial charge >= 0.3 is 0 Å². The van der Waals surface area contributed by atoms with Gasteiger partial charge < -0.3 is 4.42 Å². The lowest BCUT2D eigenvalue weighted by atomic mass is 9.82. The van der Waals surface area contributed by atoms with E-state index in [1.165, 1.54) is 166 Å². The average Bonchev–Trinajstić information content (AvgIpc) is 1.58. The van der Waals surface area contributed by atoms with Gasteiger partial charge in [-0.05, 0) is 622 Å². The first-order valence-corrected chi connectivity index (χ1v) is 65.2. The second kappa shape index (κ2) is 58.2. The van der Waals surface area contributed by atoms with Gasteiger partial charge in [0, 0.05) is 129 Å². The average molecular weight is 3850 g/mol. The lowest BCUT2D eigenvalue weighted by molar-refractivity contribution is 0.659. The fourth-order valence-electron chi connectivity index (χ4n) is 15.1. The Balaban J connectivity index is 0.000000128. The molecule has 23 aromatic rings. The highest BCUT2D eigenvalue weighted by molar-refractivity contribution is 14.1. The van der Waals surface area contributed by atoms with Gasteiger partial charge in [-0.3, -0.25) is 0 Å². The molecule has 3 nitrogen and oxygen atoms in total. The molecule has 24 rings (SSSR count). The van der Waals surface area contributed by atoms with E-state index in [-0.39, 0.29) is 5.41 Å². The highest BCUT2D eigenvalue weighted by atomic mass is 127. The molecule has 0 N–H and O–H groups in total. The third-order valence-electron chi connectivity index (χ3n) is 22.2. The van der Waals surface area contributed by atoms with Gasteiger partial charge in [0.2, 0.25) is 0 Å². The number of rotatable bonds is 3. The van der Waals surface area contributed by atoms with Crippen molar-refractivity contribution in [3.8, 4) is 44.5 Å². The molecule has 1 aliphatic rings. The van der Waals surface area contributed by atoms with Gasteiger partial charge in [0.1, 0.15) is 19.5 Å². The number of aromatic nitrogens is 2. The quantitative estimate of drug-likeness (QED) is 0.101. The molecule has 0 radical (unpaired) electrons. The van der Waals surface area contributed by atoms with Gasteiger partial charge in [-0.25, -0.2) is 9.97 Å². The van der Waals surface area contributed by atoms with Crippen LogP contribution in [0, 0.1) is 39.4 Å². The molecule has 0 saturated heterocycles. The van der Waals surface area contributed by atoms with Crippen LogP contribution in [0.25, 0.3) is 130 Å². The van der Waals surface area contributed by atoms with Crippen LogP contribution in [0.2, 0.25) is 0 Å². The van der Waals surface area contributed by atoms with Crippen LogP contribution in [-0.2, 0) is 5.41 Å². The summed E-state index contributed by atoms with van der Waals surface area (Å²) < 4.78 is 34.2. The zero-order valence-corrected chi connectivity index (χ0v) is 118. The number of nitrogens with zero attached hydrogens (tertiary/aromatic N) is 2. The summed E-state index contributed by atoms with van der Waals surface area (Å²) in [5.74, 6) is 0. The van der Waals surface area contributed by atoms with E-state index in [2.05, 4.69) is 799 Å². The highest BCUT2D eigenvalue weighted by Crippen LogP contribution is 2.50. The van der Waals surface area contributed by atoms with Crippen molar-refractivity contribution in [1.82, 2.24) is 9.97 Å². The molecule has 0 bridgehead atoms. The summed E-state index contributed by atoms with van der Waals surface area (Å²) in [5, 5.41) is 15.5. The molecule has 145 heavy (non-hydrogen) atoms. The van der Waals surface area contributed by atoms with Gasteiger partial charge in [-0.2, -0.15) is 0 Å². The Morgan fingerprint density at radius 2 is 0.566 bits per heavy atom. The summed E-state index contributed by atoms with van der Waals surface area (Å²) in [7, 11) is 0. The van der Waals surface area contributed by atoms with Crippen LogP contribution < -0.4 is 0 Å². The molecule has 0 aliphatic heterocycles. The molecule has 4 heterocycles. The molecule has 4 aromatic heterocycles. The largest absolute Gasteiger partial charge is 0.456 e. The lowest BCUT2D eigenvalue weighted by Gasteiger charge is -2.21. The van der Waals surface area contributed by atoms with E-state index in [4.69, 9.17) is 4.42 Å². The zero-order valence-electron chi connectivity index (χ0n) is 75.8. The van der Waals surface area contributed by atoms with Crippen molar-refractivity contribution in [2.24, 2.45) is 0 Å². The molecule has 0 fully saturated rings. The van der Waals surface area contributed by atoms with Crippen molar-refractivity contribution in [2.45, 2.75) is 19.3 Å². The number of halogens is 22. The van der Waals surface area contributed by atoms with Gasteiger partial charge in [-0.1, -0.05) is 315 Å². The first-order chi connectivity index (χ1) is 69.6. The van der Waals surface area contributed by atoms with Crippen LogP contribution in [0.5, 0.6) is 0 Å². The minimum Gasteiger partial charge on any atom is -0.456 e. The topological polar surface area (TPSA) is 38.9 Å². The predicted octanol–water partition coefficient (Wildman–Crippen LogP) is 48.6. The van der Waals surface area contributed by atoms with Crippen LogP contribution in [0.3, 0.4) is 0 Å². The second-order valence-electron chi connectivity index (χ2n) is 32.4. The van der Waals surface area contributed by atoms with Crippen molar-refractivity contribution in [3.05, 3.63) is 513 Å². The van der Waals surface area contributed by atoms with E-state index < -0.39 is 0 Å². The number of thiophene rings is 1. The number of fused-ring (bicyclic) bond motifs is 14. The molecule has 19 aromatic carbocycles. The van der Waals surface area contributed by atoms with Crippen molar-refractivity contribution in [2.75, 3.05) is 0 Å². The maximum atomic E-state index is 5.78. The van der Waals surface area contributed by atoms with Gasteiger partial charge in [0.25, 0.3) is 0 Å². The van der Waals surface area contributed by atoms with E-state index >= 15 is 0 Å². The SMILES string of the molecule is Brc1ccc(-c2ccc(-c3ccc(I)cc3)cc2)cc1.Brc1ccc(-c2ccc(I)cc2)cc1.Brc1ccc(I)c2ccccc12.Brc1ccc(I)cc1.Brc1ccc(I)cn1.Brc1ccc(I)nc1.Brc1ccc2c(c1)oc1cc(I)ccc12.Brc1ccc2c(c1)sc1cc(I)ccc12.Brc1ccc2c(ccc3cc(I)ccc32)c1.Brc1ccc2cc(I)ccc2c1.CC1(C)c2cc(Br)ccc2-c2ccc(I)cc21. The van der Waals surface area contributed by atoms with Crippen LogP contribution in [0.15, 0.2) is 467 Å². The monoisotopic (exact) mass is 3840 g/mol. The van der Waals surface area contributed by atoms with Crippen molar-refractivity contribution >= 4 is 520 Å². The van der Waals surface area contributed by atoms with Crippen molar-refractivity contribution in [3.63, 3.8) is 0 Å². The van der Waals surface area contributed by atoms with Gasteiger partial charge in [0.15, 0.2) is 0 Å². The molecule has 726 valence electrons. The van der Waals surface area contributed by atoms with Crippen molar-refractivity contribution in [1.29, 1.82) is 0 Å². The van der Waals surface area contributed by atoms with E-state index in [1.807, 2.05) is 66.1 Å². The molecule has 0 saturated carbocycles. The molecular formula is C119H74Br11I11N2OS. The van der Waals surface area contributed by atoms with E-state index in [9.17, 15) is 0 Å². The Morgan fingerprint density at radius 3 is 1.08 bits per heavy atom. The number of furan rings is 1. The first-order valence-electron chi connectivity index (χ1n) is 43.8. The summed E-state index contributed by atoms with van der Waals surface area (Å²) >= 11 is 65.0. The number of hydrogen-bond acceptors (Lipinski definition) is 4. The van der Waals surface area contributed by atoms with Crippen molar-refractivity contribution < 1.29 is 4.42 Å². The molecular weight excluding hydrogens is 3780 g/mol. The molecule has 26 heteroatoms. The normalized spacial score (nSPS) is 11.1. The van der Waals surface area contributed by atoms with Crippen LogP contribution in [-0.4, -0.2) is 9.97 Å². The van der Waals surface area contributed by atoms with Crippen LogP contribution in [0.4, 0.5) is 0 Å². The zero-order chi connectivity index (χ0) is 103. The third kappa shape index (κ3) is 35.2. The van der Waals surface area contributed by atoms with E-state index in [0.717, 1.165) is 63.3 Å². The van der Waals surface area contributed by atoms with E-state index in [1.54, 1.807) is 6.20 Å². The summed E-state index contributed by atoms with van der Waals surface area (Å²) in [4.78, 5) is 8.01. The number of pyridine rings is 2. The number of hydrogen-bond donors (Lipinski definition) is 0. The Morgan fingerprint density at radius 1 is 0.228 bits per heavy atom. The smallest absolute Gasteiger partial charge is 0.136 e. The Labute approximate surface area is 1090 Å². The third-order valence-corrected chi connectivity index (χ3v) is 36.7. The Hall–Kier alpha value is -2.15. The van der Waals surface area contributed by atoms with Crippen LogP contribution >= 0.6 is 435 Å².